The van der Waals surface area contributed by atoms with Crippen molar-refractivity contribution in [3.05, 3.63) is 35.4 Å². The molecule has 1 aliphatic heterocycles. The van der Waals surface area contributed by atoms with Gasteiger partial charge in [-0.1, -0.05) is 6.07 Å². The van der Waals surface area contributed by atoms with Crippen LogP contribution in [-0.4, -0.2) is 28.4 Å². The van der Waals surface area contributed by atoms with Crippen LogP contribution in [0.5, 0.6) is 0 Å². The summed E-state index contributed by atoms with van der Waals surface area (Å²) in [6.45, 7) is 10.2. The van der Waals surface area contributed by atoms with E-state index in [1.165, 1.54) is 5.56 Å². The summed E-state index contributed by atoms with van der Waals surface area (Å²) in [5, 5.41) is 6.58. The fraction of sp³-hybridized carbons (Fsp3) is 0.556. The predicted octanol–water partition coefficient (Wildman–Crippen LogP) is 1.77. The van der Waals surface area contributed by atoms with Crippen LogP contribution >= 0.6 is 0 Å². The van der Waals surface area contributed by atoms with Crippen molar-refractivity contribution < 1.29 is 4.79 Å². The van der Waals surface area contributed by atoms with Crippen LogP contribution < -0.4 is 10.6 Å². The molecular formula is C18H24N4O. The minimum Gasteiger partial charge on any atom is -0.344 e. The van der Waals surface area contributed by atoms with Gasteiger partial charge in [-0.3, -0.25) is 4.79 Å². The topological polar surface area (TPSA) is 58.4 Å². The molecule has 1 amide bonds. The standard InChI is InChI=1S/C18H24N4O/c1-10-6-5-7-22-15(10)11(2)20-17(22)18(3,4)21-16(23)14-12-8-19-9-13(12)14/h5-7,12-14,19H,8-9H2,1-4H3,(H,21,23)/t12-,13+,14+. The fourth-order valence-electron chi connectivity index (χ4n) is 4.21. The van der Waals surface area contributed by atoms with Crippen LogP contribution in [0.25, 0.3) is 5.52 Å². The average molecular weight is 312 g/mol. The molecule has 0 bridgehead atoms. The molecule has 0 unspecified atom stereocenters. The van der Waals surface area contributed by atoms with Crippen LogP contribution in [-0.2, 0) is 10.3 Å². The Hall–Kier alpha value is -1.88. The summed E-state index contributed by atoms with van der Waals surface area (Å²) in [5.41, 5.74) is 2.85. The van der Waals surface area contributed by atoms with Crippen molar-refractivity contribution in [1.29, 1.82) is 0 Å². The van der Waals surface area contributed by atoms with Crippen LogP contribution in [0.1, 0.15) is 30.9 Å². The summed E-state index contributed by atoms with van der Waals surface area (Å²) in [6.07, 6.45) is 2.03. The van der Waals surface area contributed by atoms with Crippen LogP contribution in [0.2, 0.25) is 0 Å². The second-order valence-electron chi connectivity index (χ2n) is 7.56. The van der Waals surface area contributed by atoms with E-state index >= 15 is 0 Å². The van der Waals surface area contributed by atoms with Gasteiger partial charge in [0.15, 0.2) is 0 Å². The summed E-state index contributed by atoms with van der Waals surface area (Å²) >= 11 is 0. The zero-order valence-corrected chi connectivity index (χ0v) is 14.2. The molecule has 0 radical (unpaired) electrons. The van der Waals surface area contributed by atoms with Crippen molar-refractivity contribution in [2.24, 2.45) is 17.8 Å². The Morgan fingerprint density at radius 2 is 2.04 bits per heavy atom. The van der Waals surface area contributed by atoms with Crippen molar-refractivity contribution in [2.75, 3.05) is 13.1 Å². The van der Waals surface area contributed by atoms with Gasteiger partial charge in [0.25, 0.3) is 0 Å². The number of nitrogens with zero attached hydrogens (tertiary/aromatic N) is 2. The Bertz CT molecular complexity index is 782. The molecule has 2 aliphatic rings. The Morgan fingerprint density at radius 1 is 1.35 bits per heavy atom. The maximum atomic E-state index is 12.6. The highest BCUT2D eigenvalue weighted by Crippen LogP contribution is 2.49. The molecule has 3 atom stereocenters. The van der Waals surface area contributed by atoms with E-state index in [-0.39, 0.29) is 11.8 Å². The number of pyridine rings is 1. The largest absolute Gasteiger partial charge is 0.344 e. The van der Waals surface area contributed by atoms with Crippen LogP contribution in [0, 0.1) is 31.6 Å². The van der Waals surface area contributed by atoms with Crippen molar-refractivity contribution in [2.45, 2.75) is 33.2 Å². The number of rotatable bonds is 3. The van der Waals surface area contributed by atoms with Gasteiger partial charge < -0.3 is 15.0 Å². The zero-order chi connectivity index (χ0) is 16.4. The lowest BCUT2D eigenvalue weighted by Crippen LogP contribution is -2.44. The van der Waals surface area contributed by atoms with Crippen molar-refractivity contribution >= 4 is 11.4 Å². The van der Waals surface area contributed by atoms with Gasteiger partial charge in [0.05, 0.1) is 16.7 Å². The molecule has 5 heteroatoms. The number of nitrogens with one attached hydrogen (secondary N) is 2. The lowest BCUT2D eigenvalue weighted by atomic mass is 10.0. The number of hydrogen-bond donors (Lipinski definition) is 2. The lowest BCUT2D eigenvalue weighted by molar-refractivity contribution is -0.124. The summed E-state index contributed by atoms with van der Waals surface area (Å²) < 4.78 is 2.11. The predicted molar refractivity (Wildman–Crippen MR) is 89.2 cm³/mol. The number of imidazole rings is 1. The minimum atomic E-state index is -0.494. The highest BCUT2D eigenvalue weighted by molar-refractivity contribution is 5.83. The SMILES string of the molecule is Cc1cccn2c(C(C)(C)NC(=O)[C@H]3[C@@H]4CNC[C@@H]43)nc(C)c12. The first kappa shape index (κ1) is 14.7. The first-order valence-corrected chi connectivity index (χ1v) is 8.37. The third-order valence-electron chi connectivity index (χ3n) is 5.43. The van der Waals surface area contributed by atoms with Crippen molar-refractivity contribution in [3.63, 3.8) is 0 Å². The van der Waals surface area contributed by atoms with Gasteiger partial charge in [-0.05, 0) is 64.3 Å². The summed E-state index contributed by atoms with van der Waals surface area (Å²) in [5.74, 6) is 2.32. The third kappa shape index (κ3) is 2.17. The van der Waals surface area contributed by atoms with E-state index in [1.54, 1.807) is 0 Å². The van der Waals surface area contributed by atoms with Gasteiger partial charge in [-0.15, -0.1) is 0 Å². The number of carbonyl (C=O) groups excluding carboxylic acids is 1. The molecule has 122 valence electrons. The molecule has 3 heterocycles. The van der Waals surface area contributed by atoms with E-state index in [9.17, 15) is 4.79 Å². The number of aryl methyl sites for hydroxylation is 2. The number of piperidine rings is 1. The highest BCUT2D eigenvalue weighted by atomic mass is 16.2. The van der Waals surface area contributed by atoms with Crippen LogP contribution in [0.4, 0.5) is 0 Å². The normalized spacial score (nSPS) is 26.3. The first-order valence-electron chi connectivity index (χ1n) is 8.37. The zero-order valence-electron chi connectivity index (χ0n) is 14.2. The van der Waals surface area contributed by atoms with E-state index in [0.29, 0.717) is 11.8 Å². The summed E-state index contributed by atoms with van der Waals surface area (Å²) in [7, 11) is 0. The van der Waals surface area contributed by atoms with E-state index in [4.69, 9.17) is 4.98 Å². The molecule has 5 nitrogen and oxygen atoms in total. The molecule has 1 saturated carbocycles. The van der Waals surface area contributed by atoms with Gasteiger partial charge in [-0.2, -0.15) is 0 Å². The highest BCUT2D eigenvalue weighted by Gasteiger charge is 2.57. The number of fused-ring (bicyclic) bond motifs is 2. The van der Waals surface area contributed by atoms with Gasteiger partial charge >= 0.3 is 0 Å². The molecule has 2 aromatic rings. The Balaban J connectivity index is 1.64. The maximum Gasteiger partial charge on any atom is 0.224 e. The van der Waals surface area contributed by atoms with Crippen molar-refractivity contribution in [1.82, 2.24) is 20.0 Å². The molecular weight excluding hydrogens is 288 g/mol. The molecule has 0 spiro atoms. The van der Waals surface area contributed by atoms with Crippen LogP contribution in [0.15, 0.2) is 18.3 Å². The Kier molecular flexibility index (Phi) is 3.07. The average Bonchev–Trinajstić information content (AvgIpc) is 2.81. The Labute approximate surface area is 136 Å². The van der Waals surface area contributed by atoms with Gasteiger partial charge in [0.1, 0.15) is 5.82 Å². The Morgan fingerprint density at radius 3 is 2.74 bits per heavy atom. The molecule has 4 rings (SSSR count). The minimum absolute atomic E-state index is 0.175. The van der Waals surface area contributed by atoms with Crippen molar-refractivity contribution in [3.8, 4) is 0 Å². The van der Waals surface area contributed by atoms with E-state index < -0.39 is 5.54 Å². The fourth-order valence-corrected chi connectivity index (χ4v) is 4.21. The molecule has 1 saturated heterocycles. The van der Waals surface area contributed by atoms with E-state index in [0.717, 1.165) is 30.1 Å². The second kappa shape index (κ2) is 4.81. The summed E-state index contributed by atoms with van der Waals surface area (Å²) in [6, 6.07) is 4.12. The van der Waals surface area contributed by atoms with E-state index in [1.807, 2.05) is 33.0 Å². The molecule has 1 aliphatic carbocycles. The molecule has 2 fully saturated rings. The molecule has 2 aromatic heterocycles. The monoisotopic (exact) mass is 312 g/mol. The number of amides is 1. The third-order valence-corrected chi connectivity index (χ3v) is 5.43. The maximum absolute atomic E-state index is 12.6. The van der Waals surface area contributed by atoms with E-state index in [2.05, 4.69) is 28.0 Å². The lowest BCUT2D eigenvalue weighted by Gasteiger charge is -2.26. The second-order valence-corrected chi connectivity index (χ2v) is 7.56. The smallest absolute Gasteiger partial charge is 0.224 e. The first-order chi connectivity index (χ1) is 10.9. The molecule has 2 N–H and O–H groups in total. The van der Waals surface area contributed by atoms with Gasteiger partial charge in [-0.25, -0.2) is 4.98 Å². The number of hydrogen-bond acceptors (Lipinski definition) is 3. The summed E-state index contributed by atoms with van der Waals surface area (Å²) in [4.78, 5) is 17.4. The van der Waals surface area contributed by atoms with Gasteiger partial charge in [0, 0.05) is 12.1 Å². The van der Waals surface area contributed by atoms with Gasteiger partial charge in [0.2, 0.25) is 5.91 Å². The molecule has 0 aromatic carbocycles. The molecule has 23 heavy (non-hydrogen) atoms. The quantitative estimate of drug-likeness (QED) is 0.908. The number of carbonyl (C=O) groups is 1. The van der Waals surface area contributed by atoms with Crippen LogP contribution in [0.3, 0.4) is 0 Å². The number of aromatic nitrogens is 2.